The zero-order valence-electron chi connectivity index (χ0n) is 9.52. The van der Waals surface area contributed by atoms with Gasteiger partial charge in [-0.15, -0.1) is 0 Å². The Morgan fingerprint density at radius 2 is 1.76 bits per heavy atom. The van der Waals surface area contributed by atoms with Gasteiger partial charge in [-0.3, -0.25) is 0 Å². The first kappa shape index (κ1) is 13.5. The first-order chi connectivity index (χ1) is 7.89. The summed E-state index contributed by atoms with van der Waals surface area (Å²) in [6.07, 6.45) is -4.65. The van der Waals surface area contributed by atoms with Crippen molar-refractivity contribution in [1.29, 1.82) is 0 Å². The Labute approximate surface area is 95.2 Å². The topological polar surface area (TPSA) is 26.0 Å². The van der Waals surface area contributed by atoms with E-state index in [4.69, 9.17) is 0 Å². The lowest BCUT2D eigenvalue weighted by Crippen LogP contribution is -2.05. The van der Waals surface area contributed by atoms with Crippen molar-refractivity contribution in [1.82, 2.24) is 5.16 Å². The third kappa shape index (κ3) is 2.57. The molecule has 17 heavy (non-hydrogen) atoms. The van der Waals surface area contributed by atoms with Crippen LogP contribution < -0.4 is 0 Å². The number of aryl methyl sites for hydroxylation is 1. The monoisotopic (exact) mass is 249 g/mol. The number of fused-ring (bicyclic) bond motifs is 1. The summed E-state index contributed by atoms with van der Waals surface area (Å²) in [4.78, 5) is 0. The molecule has 0 N–H and O–H groups in total. The van der Waals surface area contributed by atoms with Gasteiger partial charge in [0.1, 0.15) is 11.4 Å². The van der Waals surface area contributed by atoms with Crippen molar-refractivity contribution < 1.29 is 22.1 Å². The van der Waals surface area contributed by atoms with Gasteiger partial charge < -0.3 is 4.52 Å². The average Bonchev–Trinajstić information content (AvgIpc) is 2.61. The first-order valence-corrected chi connectivity index (χ1v) is 5.02. The lowest BCUT2D eigenvalue weighted by Gasteiger charge is -2.06. The van der Waals surface area contributed by atoms with Gasteiger partial charge in [0.25, 0.3) is 0 Å². The largest absolute Gasteiger partial charge is 0.420 e. The van der Waals surface area contributed by atoms with Gasteiger partial charge >= 0.3 is 6.18 Å². The van der Waals surface area contributed by atoms with E-state index in [-0.39, 0.29) is 11.1 Å². The van der Waals surface area contributed by atoms with E-state index in [0.717, 1.165) is 6.07 Å². The van der Waals surface area contributed by atoms with Gasteiger partial charge in [0.2, 0.25) is 0 Å². The molecule has 0 aliphatic rings. The summed E-state index contributed by atoms with van der Waals surface area (Å²) in [6, 6.07) is 1.36. The SMILES string of the molecule is CC.Cc1noc2c(C(F)(F)F)cc(F)cc12. The molecule has 1 aromatic carbocycles. The highest BCUT2D eigenvalue weighted by Crippen LogP contribution is 2.36. The predicted molar refractivity (Wildman–Crippen MR) is 55.1 cm³/mol. The minimum absolute atomic E-state index is 0.0438. The highest BCUT2D eigenvalue weighted by molar-refractivity contribution is 5.82. The van der Waals surface area contributed by atoms with Crippen LogP contribution in [0.5, 0.6) is 0 Å². The maximum absolute atomic E-state index is 12.9. The maximum Gasteiger partial charge on any atom is 0.420 e. The number of benzene rings is 1. The van der Waals surface area contributed by atoms with E-state index in [1.54, 1.807) is 0 Å². The molecule has 1 aromatic heterocycles. The van der Waals surface area contributed by atoms with Crippen LogP contribution in [0.25, 0.3) is 11.0 Å². The maximum atomic E-state index is 12.9. The number of hydrogen-bond acceptors (Lipinski definition) is 2. The van der Waals surface area contributed by atoms with E-state index in [1.807, 2.05) is 13.8 Å². The van der Waals surface area contributed by atoms with Crippen molar-refractivity contribution in [2.24, 2.45) is 0 Å². The van der Waals surface area contributed by atoms with Gasteiger partial charge in [-0.25, -0.2) is 4.39 Å². The second kappa shape index (κ2) is 4.73. The molecule has 0 amide bonds. The van der Waals surface area contributed by atoms with Crippen molar-refractivity contribution in [2.75, 3.05) is 0 Å². The summed E-state index contributed by atoms with van der Waals surface area (Å²) in [5, 5.41) is 3.41. The fraction of sp³-hybridized carbons (Fsp3) is 0.364. The summed E-state index contributed by atoms with van der Waals surface area (Å²) in [6.45, 7) is 5.45. The zero-order chi connectivity index (χ0) is 13.2. The van der Waals surface area contributed by atoms with Gasteiger partial charge in [-0.2, -0.15) is 13.2 Å². The second-order valence-corrected chi connectivity index (χ2v) is 3.10. The Balaban J connectivity index is 0.000000686. The lowest BCUT2D eigenvalue weighted by molar-refractivity contribution is -0.137. The van der Waals surface area contributed by atoms with Crippen LogP contribution in [0.2, 0.25) is 0 Å². The minimum atomic E-state index is -4.65. The second-order valence-electron chi connectivity index (χ2n) is 3.10. The molecule has 6 heteroatoms. The number of alkyl halides is 3. The first-order valence-electron chi connectivity index (χ1n) is 5.02. The Morgan fingerprint density at radius 1 is 1.18 bits per heavy atom. The van der Waals surface area contributed by atoms with Gasteiger partial charge in [0, 0.05) is 5.39 Å². The average molecular weight is 249 g/mol. The van der Waals surface area contributed by atoms with Crippen LogP contribution >= 0.6 is 0 Å². The van der Waals surface area contributed by atoms with E-state index in [0.29, 0.717) is 6.07 Å². The summed E-state index contributed by atoms with van der Waals surface area (Å²) >= 11 is 0. The quantitative estimate of drug-likeness (QED) is 0.650. The molecular weight excluding hydrogens is 238 g/mol. The van der Waals surface area contributed by atoms with Crippen molar-refractivity contribution in [2.45, 2.75) is 26.9 Å². The molecule has 0 spiro atoms. The van der Waals surface area contributed by atoms with Crippen LogP contribution in [0.4, 0.5) is 17.6 Å². The molecule has 0 saturated carbocycles. The van der Waals surface area contributed by atoms with Crippen LogP contribution in [-0.4, -0.2) is 5.16 Å². The fourth-order valence-corrected chi connectivity index (χ4v) is 1.33. The van der Waals surface area contributed by atoms with E-state index in [2.05, 4.69) is 9.68 Å². The molecule has 94 valence electrons. The Kier molecular flexibility index (Phi) is 3.75. The molecule has 0 radical (unpaired) electrons. The number of nitrogens with zero attached hydrogens (tertiary/aromatic N) is 1. The normalized spacial score (nSPS) is 11.2. The molecule has 2 nitrogen and oxygen atoms in total. The number of halogens is 4. The highest BCUT2D eigenvalue weighted by atomic mass is 19.4. The third-order valence-electron chi connectivity index (χ3n) is 2.02. The molecule has 0 saturated heterocycles. The summed E-state index contributed by atoms with van der Waals surface area (Å²) < 4.78 is 54.8. The van der Waals surface area contributed by atoms with Crippen molar-refractivity contribution in [3.8, 4) is 0 Å². The van der Waals surface area contributed by atoms with Crippen molar-refractivity contribution >= 4 is 11.0 Å². The summed E-state index contributed by atoms with van der Waals surface area (Å²) in [5.74, 6) is -0.957. The van der Waals surface area contributed by atoms with E-state index in [9.17, 15) is 17.6 Å². The molecule has 1 heterocycles. The molecule has 0 bridgehead atoms. The van der Waals surface area contributed by atoms with E-state index in [1.165, 1.54) is 6.92 Å². The smallest absolute Gasteiger partial charge is 0.355 e. The molecule has 0 unspecified atom stereocenters. The number of aromatic nitrogens is 1. The van der Waals surface area contributed by atoms with Gasteiger partial charge in [-0.05, 0) is 19.1 Å². The molecule has 2 rings (SSSR count). The Bertz CT molecular complexity index is 516. The van der Waals surface area contributed by atoms with Crippen LogP contribution in [0.3, 0.4) is 0 Å². The molecular formula is C11H11F4NO. The van der Waals surface area contributed by atoms with Crippen LogP contribution in [-0.2, 0) is 6.18 Å². The molecule has 0 aliphatic heterocycles. The van der Waals surface area contributed by atoms with Gasteiger partial charge in [-0.1, -0.05) is 19.0 Å². The summed E-state index contributed by atoms with van der Waals surface area (Å²) in [5.41, 5.74) is -1.34. The molecule has 0 atom stereocenters. The third-order valence-corrected chi connectivity index (χ3v) is 2.02. The van der Waals surface area contributed by atoms with Gasteiger partial charge in [0.05, 0.1) is 5.69 Å². The standard InChI is InChI=1S/C9H5F4NO.C2H6/c1-4-6-2-5(10)3-7(9(11,12)13)8(6)15-14-4;1-2/h2-3H,1H3;1-2H3. The molecule has 0 aliphatic carbocycles. The van der Waals surface area contributed by atoms with Crippen LogP contribution in [0.15, 0.2) is 16.7 Å². The highest BCUT2D eigenvalue weighted by Gasteiger charge is 2.35. The van der Waals surface area contributed by atoms with E-state index < -0.39 is 23.1 Å². The Hall–Kier alpha value is -1.59. The number of hydrogen-bond donors (Lipinski definition) is 0. The zero-order valence-corrected chi connectivity index (χ0v) is 9.52. The molecule has 2 aromatic rings. The minimum Gasteiger partial charge on any atom is -0.355 e. The number of rotatable bonds is 0. The predicted octanol–water partition coefficient (Wildman–Crippen LogP) is 4.32. The van der Waals surface area contributed by atoms with Crippen molar-refractivity contribution in [3.05, 3.63) is 29.2 Å². The summed E-state index contributed by atoms with van der Waals surface area (Å²) in [7, 11) is 0. The van der Waals surface area contributed by atoms with Gasteiger partial charge in [0.15, 0.2) is 5.58 Å². The molecule has 0 fully saturated rings. The lowest BCUT2D eigenvalue weighted by atomic mass is 10.1. The fourth-order valence-electron chi connectivity index (χ4n) is 1.33. The Morgan fingerprint density at radius 3 is 2.29 bits per heavy atom. The van der Waals surface area contributed by atoms with Crippen LogP contribution in [0, 0.1) is 12.7 Å². The van der Waals surface area contributed by atoms with E-state index >= 15 is 0 Å². The van der Waals surface area contributed by atoms with Crippen LogP contribution in [0.1, 0.15) is 25.1 Å². The van der Waals surface area contributed by atoms with Crippen molar-refractivity contribution in [3.63, 3.8) is 0 Å².